The zero-order chi connectivity index (χ0) is 13.7. The molecule has 19 heavy (non-hydrogen) atoms. The Morgan fingerprint density at radius 2 is 2.42 bits per heavy atom. The van der Waals surface area contributed by atoms with E-state index in [1.165, 1.54) is 0 Å². The minimum absolute atomic E-state index is 0.0975. The van der Waals surface area contributed by atoms with Gasteiger partial charge in [-0.2, -0.15) is 0 Å². The second-order valence-electron chi connectivity index (χ2n) is 5.17. The fourth-order valence-electron chi connectivity index (χ4n) is 2.10. The highest BCUT2D eigenvalue weighted by Crippen LogP contribution is 2.20. The van der Waals surface area contributed by atoms with Crippen LogP contribution in [0.4, 0.5) is 5.69 Å². The normalized spacial score (nSPS) is 22.2. The van der Waals surface area contributed by atoms with E-state index in [-0.39, 0.29) is 11.4 Å². The lowest BCUT2D eigenvalue weighted by Gasteiger charge is -2.24. The maximum absolute atomic E-state index is 12.3. The van der Waals surface area contributed by atoms with E-state index >= 15 is 0 Å². The molecule has 2 N–H and O–H groups in total. The molecule has 0 saturated carbocycles. The molecule has 0 radical (unpaired) electrons. The Balaban J connectivity index is 2.09. The number of hydrogen-bond donors (Lipinski definition) is 2. The fraction of sp³-hybridized carbons (Fsp3) is 0.571. The number of ether oxygens (including phenoxy) is 1. The highest BCUT2D eigenvalue weighted by atomic mass is 16.5. The largest absolute Gasteiger partial charge is 0.384 e. The zero-order valence-corrected chi connectivity index (χ0v) is 11.5. The Kier molecular flexibility index (Phi) is 4.37. The van der Waals surface area contributed by atoms with Crippen molar-refractivity contribution in [2.24, 2.45) is 0 Å². The van der Waals surface area contributed by atoms with Gasteiger partial charge in [-0.25, -0.2) is 0 Å². The molecule has 0 aromatic carbocycles. The third kappa shape index (κ3) is 3.44. The average molecular weight is 263 g/mol. The van der Waals surface area contributed by atoms with E-state index in [0.29, 0.717) is 18.8 Å². The predicted molar refractivity (Wildman–Crippen MR) is 74.3 cm³/mol. The summed E-state index contributed by atoms with van der Waals surface area (Å²) < 4.78 is 5.35. The van der Waals surface area contributed by atoms with Crippen LogP contribution in [0.1, 0.15) is 37.0 Å². The van der Waals surface area contributed by atoms with Gasteiger partial charge in [0.15, 0.2) is 0 Å². The molecule has 1 atom stereocenters. The van der Waals surface area contributed by atoms with Crippen LogP contribution in [0.25, 0.3) is 0 Å². The summed E-state index contributed by atoms with van der Waals surface area (Å²) in [6.07, 6.45) is 5.15. The molecule has 104 valence electrons. The Morgan fingerprint density at radius 1 is 1.58 bits per heavy atom. The molecule has 5 heteroatoms. The van der Waals surface area contributed by atoms with Crippen LogP contribution >= 0.6 is 0 Å². The van der Waals surface area contributed by atoms with Crippen LogP contribution in [0.15, 0.2) is 18.5 Å². The van der Waals surface area contributed by atoms with E-state index in [0.717, 1.165) is 25.1 Å². The van der Waals surface area contributed by atoms with Gasteiger partial charge in [-0.1, -0.05) is 6.92 Å². The van der Waals surface area contributed by atoms with Gasteiger partial charge in [-0.3, -0.25) is 9.78 Å². The minimum Gasteiger partial charge on any atom is -0.384 e. The maximum atomic E-state index is 12.3. The van der Waals surface area contributed by atoms with Crippen molar-refractivity contribution in [1.29, 1.82) is 0 Å². The van der Waals surface area contributed by atoms with Crippen molar-refractivity contribution in [3.05, 3.63) is 24.0 Å². The lowest BCUT2D eigenvalue weighted by Crippen LogP contribution is -2.46. The number of anilines is 1. The molecule has 2 rings (SSSR count). The number of amides is 1. The number of nitrogens with one attached hydrogen (secondary N) is 2. The quantitative estimate of drug-likeness (QED) is 0.850. The van der Waals surface area contributed by atoms with Crippen LogP contribution in [-0.2, 0) is 4.74 Å². The van der Waals surface area contributed by atoms with Crippen molar-refractivity contribution >= 4 is 11.6 Å². The van der Waals surface area contributed by atoms with Gasteiger partial charge in [-0.05, 0) is 25.8 Å². The first-order valence-electron chi connectivity index (χ1n) is 6.73. The van der Waals surface area contributed by atoms with Gasteiger partial charge in [0.25, 0.3) is 5.91 Å². The van der Waals surface area contributed by atoms with Gasteiger partial charge in [0, 0.05) is 25.5 Å². The van der Waals surface area contributed by atoms with Crippen molar-refractivity contribution in [3.63, 3.8) is 0 Å². The number of aromatic nitrogens is 1. The van der Waals surface area contributed by atoms with E-state index < -0.39 is 0 Å². The van der Waals surface area contributed by atoms with Gasteiger partial charge in [0.1, 0.15) is 0 Å². The SMILES string of the molecule is CCCNc1ccncc1C(=O)NC1(C)CCOC1. The predicted octanol–water partition coefficient (Wildman–Crippen LogP) is 1.81. The smallest absolute Gasteiger partial charge is 0.255 e. The van der Waals surface area contributed by atoms with E-state index in [1.807, 2.05) is 13.0 Å². The first-order valence-corrected chi connectivity index (χ1v) is 6.73. The highest BCUT2D eigenvalue weighted by Gasteiger charge is 2.32. The Morgan fingerprint density at radius 3 is 3.11 bits per heavy atom. The molecule has 1 amide bonds. The molecule has 0 bridgehead atoms. The van der Waals surface area contributed by atoms with Crippen molar-refractivity contribution in [3.8, 4) is 0 Å². The minimum atomic E-state index is -0.269. The molecule has 0 spiro atoms. The van der Waals surface area contributed by atoms with Gasteiger partial charge >= 0.3 is 0 Å². The Labute approximate surface area is 113 Å². The molecule has 1 aromatic heterocycles. The van der Waals surface area contributed by atoms with Crippen molar-refractivity contribution in [1.82, 2.24) is 10.3 Å². The molecule has 5 nitrogen and oxygen atoms in total. The summed E-state index contributed by atoms with van der Waals surface area (Å²) in [5, 5.41) is 6.29. The first kappa shape index (κ1) is 13.8. The second-order valence-corrected chi connectivity index (χ2v) is 5.17. The second kappa shape index (κ2) is 6.02. The maximum Gasteiger partial charge on any atom is 0.255 e. The van der Waals surface area contributed by atoms with E-state index in [1.54, 1.807) is 12.4 Å². The van der Waals surface area contributed by atoms with Gasteiger partial charge in [-0.15, -0.1) is 0 Å². The zero-order valence-electron chi connectivity index (χ0n) is 11.5. The lowest BCUT2D eigenvalue weighted by molar-refractivity contribution is 0.0890. The number of carbonyl (C=O) groups is 1. The third-order valence-corrected chi connectivity index (χ3v) is 3.27. The summed E-state index contributed by atoms with van der Waals surface area (Å²) in [6, 6.07) is 1.83. The average Bonchev–Trinajstić information content (AvgIpc) is 2.83. The van der Waals surface area contributed by atoms with Gasteiger partial charge in [0.05, 0.1) is 23.4 Å². The van der Waals surface area contributed by atoms with E-state index in [4.69, 9.17) is 4.74 Å². The number of nitrogens with zero attached hydrogens (tertiary/aromatic N) is 1. The fourth-order valence-corrected chi connectivity index (χ4v) is 2.10. The summed E-state index contributed by atoms with van der Waals surface area (Å²) in [6.45, 7) is 6.20. The van der Waals surface area contributed by atoms with Gasteiger partial charge in [0.2, 0.25) is 0 Å². The number of hydrogen-bond acceptors (Lipinski definition) is 4. The van der Waals surface area contributed by atoms with Crippen LogP contribution in [0, 0.1) is 0 Å². The molecule has 0 aliphatic carbocycles. The summed E-state index contributed by atoms with van der Waals surface area (Å²) in [5.74, 6) is -0.0975. The van der Waals surface area contributed by atoms with Crippen LogP contribution < -0.4 is 10.6 Å². The lowest BCUT2D eigenvalue weighted by atomic mass is 10.0. The van der Waals surface area contributed by atoms with E-state index in [9.17, 15) is 4.79 Å². The highest BCUT2D eigenvalue weighted by molar-refractivity contribution is 5.99. The first-order chi connectivity index (χ1) is 9.14. The molecule has 1 aliphatic rings. The molecule has 1 saturated heterocycles. The van der Waals surface area contributed by atoms with Crippen LogP contribution in [-0.4, -0.2) is 36.2 Å². The molecular formula is C14H21N3O2. The number of pyridine rings is 1. The molecule has 1 aliphatic heterocycles. The number of rotatable bonds is 5. The van der Waals surface area contributed by atoms with Gasteiger partial charge < -0.3 is 15.4 Å². The van der Waals surface area contributed by atoms with Crippen molar-refractivity contribution < 1.29 is 9.53 Å². The van der Waals surface area contributed by atoms with Crippen LogP contribution in [0.5, 0.6) is 0 Å². The summed E-state index contributed by atoms with van der Waals surface area (Å²) in [7, 11) is 0. The monoisotopic (exact) mass is 263 g/mol. The Bertz CT molecular complexity index is 442. The van der Waals surface area contributed by atoms with Crippen molar-refractivity contribution in [2.45, 2.75) is 32.2 Å². The summed E-state index contributed by atoms with van der Waals surface area (Å²) >= 11 is 0. The standard InChI is InChI=1S/C14H21N3O2/c1-3-6-16-12-4-7-15-9-11(12)13(18)17-14(2)5-8-19-10-14/h4,7,9H,3,5-6,8,10H2,1-2H3,(H,15,16)(H,17,18). The summed E-state index contributed by atoms with van der Waals surface area (Å²) in [5.41, 5.74) is 1.15. The van der Waals surface area contributed by atoms with Crippen LogP contribution in [0.3, 0.4) is 0 Å². The van der Waals surface area contributed by atoms with E-state index in [2.05, 4.69) is 22.5 Å². The molecule has 1 aromatic rings. The number of carbonyl (C=O) groups excluding carboxylic acids is 1. The molecule has 1 fully saturated rings. The third-order valence-electron chi connectivity index (χ3n) is 3.27. The molecule has 1 unspecified atom stereocenters. The molecule has 2 heterocycles. The summed E-state index contributed by atoms with van der Waals surface area (Å²) in [4.78, 5) is 16.4. The molecular weight excluding hydrogens is 242 g/mol. The van der Waals surface area contributed by atoms with Crippen molar-refractivity contribution in [2.75, 3.05) is 25.1 Å². The Hall–Kier alpha value is -1.62. The van der Waals surface area contributed by atoms with Crippen LogP contribution in [0.2, 0.25) is 0 Å². The topological polar surface area (TPSA) is 63.2 Å².